The van der Waals surface area contributed by atoms with Crippen LogP contribution in [0.1, 0.15) is 11.3 Å². The van der Waals surface area contributed by atoms with Gasteiger partial charge in [-0.1, -0.05) is 0 Å². The van der Waals surface area contributed by atoms with Crippen molar-refractivity contribution in [1.29, 1.82) is 0 Å². The number of ether oxygens (including phenoxy) is 1. The second-order valence-electron chi connectivity index (χ2n) is 6.71. The Morgan fingerprint density at radius 2 is 2.07 bits per heavy atom. The summed E-state index contributed by atoms with van der Waals surface area (Å²) in [5, 5.41) is 4.60. The van der Waals surface area contributed by atoms with Gasteiger partial charge in [0.2, 0.25) is 11.8 Å². The maximum atomic E-state index is 12.3. The fraction of sp³-hybridized carbons (Fsp3) is 0.556. The molecule has 1 fully saturated rings. The molecule has 0 aromatic carbocycles. The molecule has 27 heavy (non-hydrogen) atoms. The van der Waals surface area contributed by atoms with Crippen molar-refractivity contribution in [2.75, 3.05) is 50.5 Å². The van der Waals surface area contributed by atoms with E-state index < -0.39 is 0 Å². The van der Waals surface area contributed by atoms with Crippen molar-refractivity contribution in [2.24, 2.45) is 0 Å². The van der Waals surface area contributed by atoms with E-state index in [4.69, 9.17) is 4.74 Å². The third kappa shape index (κ3) is 4.24. The highest BCUT2D eigenvalue weighted by molar-refractivity contribution is 7.98. The number of aryl methyl sites for hydroxylation is 1. The summed E-state index contributed by atoms with van der Waals surface area (Å²) in [6, 6.07) is 3.52. The van der Waals surface area contributed by atoms with Gasteiger partial charge in [-0.2, -0.15) is 21.8 Å². The van der Waals surface area contributed by atoms with Crippen molar-refractivity contribution < 1.29 is 4.74 Å². The molecule has 0 saturated carbocycles. The molecule has 2 aromatic heterocycles. The van der Waals surface area contributed by atoms with Crippen LogP contribution in [0.3, 0.4) is 0 Å². The van der Waals surface area contributed by atoms with E-state index in [0.29, 0.717) is 18.4 Å². The number of thioether (sulfide) groups is 1. The van der Waals surface area contributed by atoms with Crippen molar-refractivity contribution in [3.63, 3.8) is 0 Å². The SMILES string of the molecule is COc1ccnc(N2CCN(CCn3nc4c(cc3=O)CSCC4)CC2)n1. The summed E-state index contributed by atoms with van der Waals surface area (Å²) in [4.78, 5) is 25.6. The third-order valence-electron chi connectivity index (χ3n) is 5.01. The molecule has 0 spiro atoms. The molecule has 0 radical (unpaired) electrons. The van der Waals surface area contributed by atoms with Gasteiger partial charge in [0.05, 0.1) is 19.3 Å². The summed E-state index contributed by atoms with van der Waals surface area (Å²) in [6.07, 6.45) is 2.68. The van der Waals surface area contributed by atoms with Crippen LogP contribution in [0.5, 0.6) is 5.88 Å². The van der Waals surface area contributed by atoms with Crippen molar-refractivity contribution in [1.82, 2.24) is 24.6 Å². The predicted molar refractivity (Wildman–Crippen MR) is 106 cm³/mol. The Labute approximate surface area is 162 Å². The van der Waals surface area contributed by atoms with E-state index in [2.05, 4.69) is 24.9 Å². The van der Waals surface area contributed by atoms with Crippen LogP contribution in [0.2, 0.25) is 0 Å². The van der Waals surface area contributed by atoms with Gasteiger partial charge in [-0.3, -0.25) is 9.69 Å². The first-order chi connectivity index (χ1) is 13.2. The molecule has 0 bridgehead atoms. The molecule has 1 saturated heterocycles. The van der Waals surface area contributed by atoms with Crippen LogP contribution in [0.25, 0.3) is 0 Å². The van der Waals surface area contributed by atoms with Gasteiger partial charge in [0, 0.05) is 63.2 Å². The van der Waals surface area contributed by atoms with Crippen LogP contribution in [-0.4, -0.2) is 70.2 Å². The normalized spacial score (nSPS) is 17.6. The standard InChI is InChI=1S/C18H24N6O2S/c1-26-16-2-4-19-18(20-16)23-8-5-22(6-9-23)7-10-24-17(25)12-14-13-27-11-3-15(14)21-24/h2,4,12H,3,5-11,13H2,1H3. The van der Waals surface area contributed by atoms with E-state index in [0.717, 1.165) is 61.9 Å². The summed E-state index contributed by atoms with van der Waals surface area (Å²) in [7, 11) is 1.61. The van der Waals surface area contributed by atoms with Gasteiger partial charge < -0.3 is 9.64 Å². The maximum absolute atomic E-state index is 12.3. The second-order valence-corrected chi connectivity index (χ2v) is 7.81. The number of hydrogen-bond acceptors (Lipinski definition) is 8. The number of anilines is 1. The first-order valence-corrected chi connectivity index (χ1v) is 10.4. The largest absolute Gasteiger partial charge is 0.481 e. The number of hydrogen-bond donors (Lipinski definition) is 0. The van der Waals surface area contributed by atoms with Gasteiger partial charge in [-0.15, -0.1) is 0 Å². The average Bonchev–Trinajstić information content (AvgIpc) is 2.72. The van der Waals surface area contributed by atoms with Crippen LogP contribution in [0.15, 0.2) is 23.1 Å². The monoisotopic (exact) mass is 388 g/mol. The molecular weight excluding hydrogens is 364 g/mol. The fourth-order valence-electron chi connectivity index (χ4n) is 3.42. The summed E-state index contributed by atoms with van der Waals surface area (Å²) in [5.74, 6) is 3.29. The van der Waals surface area contributed by atoms with Crippen LogP contribution in [0, 0.1) is 0 Å². The van der Waals surface area contributed by atoms with Gasteiger partial charge in [0.25, 0.3) is 5.56 Å². The first kappa shape index (κ1) is 18.2. The van der Waals surface area contributed by atoms with E-state index in [1.54, 1.807) is 30.1 Å². The quantitative estimate of drug-likeness (QED) is 0.739. The first-order valence-electron chi connectivity index (χ1n) is 9.25. The Bertz CT molecular complexity index is 850. The van der Waals surface area contributed by atoms with E-state index in [1.807, 2.05) is 11.8 Å². The maximum Gasteiger partial charge on any atom is 0.267 e. The van der Waals surface area contributed by atoms with Gasteiger partial charge in [-0.25, -0.2) is 9.67 Å². The Kier molecular flexibility index (Phi) is 5.58. The molecule has 9 heteroatoms. The summed E-state index contributed by atoms with van der Waals surface area (Å²) < 4.78 is 6.81. The molecule has 2 aliphatic heterocycles. The van der Waals surface area contributed by atoms with E-state index in [-0.39, 0.29) is 5.56 Å². The molecule has 8 nitrogen and oxygen atoms in total. The van der Waals surface area contributed by atoms with Gasteiger partial charge in [0.1, 0.15) is 0 Å². The summed E-state index contributed by atoms with van der Waals surface area (Å²) in [5.41, 5.74) is 2.22. The van der Waals surface area contributed by atoms with Gasteiger partial charge >= 0.3 is 0 Å². The molecule has 0 unspecified atom stereocenters. The van der Waals surface area contributed by atoms with Crippen LogP contribution in [-0.2, 0) is 18.7 Å². The molecule has 4 rings (SSSR count). The Hall–Kier alpha value is -2.13. The molecule has 2 aromatic rings. The average molecular weight is 388 g/mol. The van der Waals surface area contributed by atoms with Crippen molar-refractivity contribution in [3.8, 4) is 5.88 Å². The Balaban J connectivity index is 1.33. The Morgan fingerprint density at radius 1 is 1.22 bits per heavy atom. The highest BCUT2D eigenvalue weighted by Gasteiger charge is 2.20. The van der Waals surface area contributed by atoms with E-state index in [9.17, 15) is 4.79 Å². The Morgan fingerprint density at radius 3 is 2.89 bits per heavy atom. The third-order valence-corrected chi connectivity index (χ3v) is 6.02. The lowest BCUT2D eigenvalue weighted by Gasteiger charge is -2.34. The zero-order valence-corrected chi connectivity index (χ0v) is 16.3. The highest BCUT2D eigenvalue weighted by Crippen LogP contribution is 2.21. The lowest BCUT2D eigenvalue weighted by molar-refractivity contribution is 0.241. The summed E-state index contributed by atoms with van der Waals surface area (Å²) >= 11 is 1.87. The van der Waals surface area contributed by atoms with Crippen LogP contribution < -0.4 is 15.2 Å². The molecule has 144 valence electrons. The van der Waals surface area contributed by atoms with Crippen molar-refractivity contribution in [3.05, 3.63) is 39.9 Å². The number of methoxy groups -OCH3 is 1. The molecule has 2 aliphatic rings. The smallest absolute Gasteiger partial charge is 0.267 e. The number of piperazine rings is 1. The molecule has 0 aliphatic carbocycles. The van der Waals surface area contributed by atoms with Crippen molar-refractivity contribution >= 4 is 17.7 Å². The van der Waals surface area contributed by atoms with Crippen LogP contribution in [0.4, 0.5) is 5.95 Å². The number of fused-ring (bicyclic) bond motifs is 1. The van der Waals surface area contributed by atoms with Gasteiger partial charge in [-0.05, 0) is 11.3 Å². The minimum absolute atomic E-state index is 0.0136. The molecule has 0 amide bonds. The van der Waals surface area contributed by atoms with E-state index >= 15 is 0 Å². The highest BCUT2D eigenvalue weighted by atomic mass is 32.2. The van der Waals surface area contributed by atoms with E-state index in [1.165, 1.54) is 0 Å². The summed E-state index contributed by atoms with van der Waals surface area (Å²) in [6.45, 7) is 5.00. The van der Waals surface area contributed by atoms with Crippen molar-refractivity contribution in [2.45, 2.75) is 18.7 Å². The van der Waals surface area contributed by atoms with Crippen LogP contribution >= 0.6 is 11.8 Å². The number of rotatable bonds is 5. The molecule has 0 N–H and O–H groups in total. The topological polar surface area (TPSA) is 76.4 Å². The lowest BCUT2D eigenvalue weighted by atomic mass is 10.2. The fourth-order valence-corrected chi connectivity index (χ4v) is 4.37. The molecule has 0 atom stereocenters. The molecular formula is C18H24N6O2S. The number of aromatic nitrogens is 4. The zero-order valence-electron chi connectivity index (χ0n) is 15.5. The lowest BCUT2D eigenvalue weighted by Crippen LogP contribution is -2.48. The van der Waals surface area contributed by atoms with Gasteiger partial charge in [0.15, 0.2) is 0 Å². The second kappa shape index (κ2) is 8.26. The minimum atomic E-state index is 0.0136. The minimum Gasteiger partial charge on any atom is -0.481 e. The molecule has 4 heterocycles. The predicted octanol–water partition coefficient (Wildman–Crippen LogP) is 0.653. The zero-order chi connectivity index (χ0) is 18.6. The number of nitrogens with zero attached hydrogens (tertiary/aromatic N) is 6.